The van der Waals surface area contributed by atoms with Gasteiger partial charge < -0.3 is 30.0 Å². The van der Waals surface area contributed by atoms with Crippen molar-refractivity contribution in [2.75, 3.05) is 31.2 Å². The van der Waals surface area contributed by atoms with Crippen molar-refractivity contribution in [1.29, 1.82) is 0 Å². The summed E-state index contributed by atoms with van der Waals surface area (Å²) in [7, 11) is 0. The predicted octanol–water partition coefficient (Wildman–Crippen LogP) is 2.62. The molecule has 1 aliphatic rings. The molecule has 4 rings (SSSR count). The number of hydrogen-bond acceptors (Lipinski definition) is 7. The number of aliphatic hydroxyl groups is 2. The molecule has 10 nitrogen and oxygen atoms in total. The fourth-order valence-electron chi connectivity index (χ4n) is 3.83. The summed E-state index contributed by atoms with van der Waals surface area (Å²) in [5.41, 5.74) is -1.38. The Hall–Kier alpha value is -4.10. The van der Waals surface area contributed by atoms with Crippen molar-refractivity contribution in [3.63, 3.8) is 0 Å². The number of fused-ring (bicyclic) bond motifs is 1. The van der Waals surface area contributed by atoms with Gasteiger partial charge in [-0.05, 0) is 29.7 Å². The Morgan fingerprint density at radius 3 is 2.70 bits per heavy atom. The van der Waals surface area contributed by atoms with Gasteiger partial charge in [-0.25, -0.2) is 9.59 Å². The van der Waals surface area contributed by atoms with E-state index in [1.165, 1.54) is 47.4 Å². The zero-order chi connectivity index (χ0) is 26.7. The Bertz CT molecular complexity index is 1380. The van der Waals surface area contributed by atoms with Gasteiger partial charge in [-0.15, -0.1) is 0 Å². The van der Waals surface area contributed by atoms with Crippen molar-refractivity contribution >= 4 is 28.6 Å². The van der Waals surface area contributed by atoms with Gasteiger partial charge in [0.1, 0.15) is 6.61 Å². The molecule has 1 aromatic heterocycles. The number of carbonyl (C=O) groups is 2. The number of amides is 2. The molecule has 196 valence electrons. The number of aliphatic hydroxyl groups excluding tert-OH is 2. The highest BCUT2D eigenvalue weighted by atomic mass is 19.4. The van der Waals surface area contributed by atoms with Crippen LogP contribution in [0.2, 0.25) is 0 Å². The summed E-state index contributed by atoms with van der Waals surface area (Å²) in [6.45, 7) is -1.03. The van der Waals surface area contributed by atoms with Gasteiger partial charge in [0.25, 0.3) is 5.56 Å². The van der Waals surface area contributed by atoms with Crippen LogP contribution in [0.1, 0.15) is 5.56 Å². The number of aromatic amines is 1. The maximum absolute atomic E-state index is 13.4. The maximum atomic E-state index is 13.4. The first kappa shape index (κ1) is 26.0. The van der Waals surface area contributed by atoms with Gasteiger partial charge in [-0.1, -0.05) is 24.3 Å². The zero-order valence-electron chi connectivity index (χ0n) is 19.1. The quantitative estimate of drug-likeness (QED) is 0.375. The van der Waals surface area contributed by atoms with Crippen LogP contribution < -0.4 is 15.8 Å². The normalized spacial score (nSPS) is 16.5. The summed E-state index contributed by atoms with van der Waals surface area (Å²) in [4.78, 5) is 40.5. The third-order valence-electron chi connectivity index (χ3n) is 5.63. The SMILES string of the molecule is O=C(NCC(O)CO)OC[C@H]1CN(c2ccc3cc(-c4ccccc4C(F)(F)F)[nH]c(=O)c3c2)C(=O)O1. The van der Waals surface area contributed by atoms with E-state index in [2.05, 4.69) is 10.3 Å². The molecule has 2 heterocycles. The van der Waals surface area contributed by atoms with Crippen molar-refractivity contribution in [1.82, 2.24) is 10.3 Å². The third-order valence-corrected chi connectivity index (χ3v) is 5.63. The van der Waals surface area contributed by atoms with Gasteiger partial charge >= 0.3 is 18.4 Å². The van der Waals surface area contributed by atoms with E-state index < -0.39 is 48.3 Å². The number of H-pyrrole nitrogens is 1. The molecule has 2 aromatic carbocycles. The smallest absolute Gasteiger partial charge is 0.417 e. The number of nitrogens with zero attached hydrogens (tertiary/aromatic N) is 1. The van der Waals surface area contributed by atoms with Gasteiger partial charge in [0.15, 0.2) is 6.10 Å². The number of halogens is 3. The summed E-state index contributed by atoms with van der Waals surface area (Å²) in [6.07, 6.45) is -8.17. The molecular weight excluding hydrogens is 499 g/mol. The minimum absolute atomic E-state index is 0.000698. The van der Waals surface area contributed by atoms with Crippen LogP contribution in [0.4, 0.5) is 28.4 Å². The molecule has 1 aliphatic heterocycles. The van der Waals surface area contributed by atoms with Crippen LogP contribution in [0, 0.1) is 0 Å². The monoisotopic (exact) mass is 521 g/mol. The summed E-state index contributed by atoms with van der Waals surface area (Å²) >= 11 is 0. The van der Waals surface area contributed by atoms with Crippen LogP contribution >= 0.6 is 0 Å². The highest BCUT2D eigenvalue weighted by Crippen LogP contribution is 2.36. The number of hydrogen-bond donors (Lipinski definition) is 4. The molecule has 1 saturated heterocycles. The molecule has 2 amide bonds. The molecule has 0 aliphatic carbocycles. The number of benzene rings is 2. The molecule has 37 heavy (non-hydrogen) atoms. The summed E-state index contributed by atoms with van der Waals surface area (Å²) in [5.74, 6) is 0. The van der Waals surface area contributed by atoms with E-state index in [0.717, 1.165) is 6.07 Å². The lowest BCUT2D eigenvalue weighted by molar-refractivity contribution is -0.137. The molecule has 1 fully saturated rings. The van der Waals surface area contributed by atoms with E-state index in [1.54, 1.807) is 0 Å². The van der Waals surface area contributed by atoms with Crippen molar-refractivity contribution in [2.45, 2.75) is 18.4 Å². The van der Waals surface area contributed by atoms with E-state index in [0.29, 0.717) is 11.1 Å². The average Bonchev–Trinajstić information content (AvgIpc) is 3.25. The number of pyridine rings is 1. The molecular formula is C24H22F3N3O7. The molecule has 0 saturated carbocycles. The molecule has 0 radical (unpaired) electrons. The second-order valence-electron chi connectivity index (χ2n) is 8.26. The predicted molar refractivity (Wildman–Crippen MR) is 125 cm³/mol. The van der Waals surface area contributed by atoms with E-state index in [4.69, 9.17) is 14.6 Å². The Kier molecular flexibility index (Phi) is 7.36. The number of nitrogens with one attached hydrogen (secondary N) is 2. The second-order valence-corrected chi connectivity index (χ2v) is 8.26. The molecule has 2 atom stereocenters. The van der Waals surface area contributed by atoms with Crippen LogP contribution in [-0.2, 0) is 15.7 Å². The van der Waals surface area contributed by atoms with E-state index in [-0.39, 0.29) is 36.3 Å². The number of aromatic nitrogens is 1. The Morgan fingerprint density at radius 1 is 1.22 bits per heavy atom. The van der Waals surface area contributed by atoms with Gasteiger partial charge in [0.05, 0.1) is 24.8 Å². The van der Waals surface area contributed by atoms with Gasteiger partial charge in [0, 0.05) is 28.9 Å². The van der Waals surface area contributed by atoms with E-state index >= 15 is 0 Å². The van der Waals surface area contributed by atoms with Crippen LogP contribution in [0.15, 0.2) is 53.3 Å². The number of anilines is 1. The van der Waals surface area contributed by atoms with Gasteiger partial charge in [-0.2, -0.15) is 13.2 Å². The largest absolute Gasteiger partial charge is 0.446 e. The molecule has 0 bridgehead atoms. The second kappa shape index (κ2) is 10.5. The molecule has 13 heteroatoms. The molecule has 1 unspecified atom stereocenters. The molecule has 0 spiro atoms. The number of rotatable bonds is 7. The number of alkyl carbamates (subject to hydrolysis) is 1. The number of carbonyl (C=O) groups excluding carboxylic acids is 2. The van der Waals surface area contributed by atoms with Crippen molar-refractivity contribution in [3.8, 4) is 11.3 Å². The Balaban J connectivity index is 1.50. The average molecular weight is 521 g/mol. The maximum Gasteiger partial charge on any atom is 0.417 e. The first-order valence-corrected chi connectivity index (χ1v) is 11.1. The van der Waals surface area contributed by atoms with Crippen LogP contribution in [0.25, 0.3) is 22.0 Å². The first-order chi connectivity index (χ1) is 17.6. The number of alkyl halides is 3. The topological polar surface area (TPSA) is 141 Å². The first-order valence-electron chi connectivity index (χ1n) is 11.1. The molecule has 3 aromatic rings. The van der Waals surface area contributed by atoms with Crippen molar-refractivity contribution < 1.29 is 42.4 Å². The van der Waals surface area contributed by atoms with Gasteiger partial charge in [-0.3, -0.25) is 9.69 Å². The highest BCUT2D eigenvalue weighted by Gasteiger charge is 2.35. The fraction of sp³-hybridized carbons (Fsp3) is 0.292. The standard InChI is InChI=1S/C24H22F3N3O7/c25-24(26,27)19-4-2-1-3-17(19)20-7-13-5-6-14(8-18(13)21(33)29-20)30-10-16(37-23(30)35)12-36-22(34)28-9-15(32)11-31/h1-8,15-16,31-32H,9-12H2,(H,28,34)(H,29,33)/t15?,16-/m1/s1. The fourth-order valence-corrected chi connectivity index (χ4v) is 3.83. The summed E-state index contributed by atoms with van der Waals surface area (Å²) in [6, 6.07) is 10.8. The van der Waals surface area contributed by atoms with Crippen LogP contribution in [-0.4, -0.2) is 65.9 Å². The Labute approximate surface area is 207 Å². The van der Waals surface area contributed by atoms with Gasteiger partial charge in [0.2, 0.25) is 0 Å². The Morgan fingerprint density at radius 2 is 1.97 bits per heavy atom. The van der Waals surface area contributed by atoms with Crippen molar-refractivity contribution in [3.05, 3.63) is 64.4 Å². The summed E-state index contributed by atoms with van der Waals surface area (Å²) < 4.78 is 50.4. The van der Waals surface area contributed by atoms with E-state index in [9.17, 15) is 32.7 Å². The minimum atomic E-state index is -4.61. The molecule has 4 N–H and O–H groups in total. The summed E-state index contributed by atoms with van der Waals surface area (Å²) in [5, 5.41) is 20.7. The minimum Gasteiger partial charge on any atom is -0.446 e. The zero-order valence-corrected chi connectivity index (χ0v) is 19.1. The third kappa shape index (κ3) is 5.84. The lowest BCUT2D eigenvalue weighted by atomic mass is 10.0. The number of cyclic esters (lactones) is 1. The van der Waals surface area contributed by atoms with E-state index in [1.807, 2.05) is 0 Å². The van der Waals surface area contributed by atoms with Crippen LogP contribution in [0.5, 0.6) is 0 Å². The highest BCUT2D eigenvalue weighted by molar-refractivity contribution is 5.94. The van der Waals surface area contributed by atoms with Crippen LogP contribution in [0.3, 0.4) is 0 Å². The van der Waals surface area contributed by atoms with Crippen molar-refractivity contribution in [2.24, 2.45) is 0 Å². The number of ether oxygens (including phenoxy) is 2. The lowest BCUT2D eigenvalue weighted by Gasteiger charge is -2.15. The lowest BCUT2D eigenvalue weighted by Crippen LogP contribution is -2.36.